The van der Waals surface area contributed by atoms with Crippen molar-refractivity contribution in [3.05, 3.63) is 42.5 Å². The minimum absolute atomic E-state index is 0. The molecule has 0 saturated heterocycles. The summed E-state index contributed by atoms with van der Waals surface area (Å²) in [6.45, 7) is 3.66. The molecule has 0 aliphatic rings. The molecule has 0 aliphatic heterocycles. The average Bonchev–Trinajstić information content (AvgIpc) is 2.18. The second-order valence-electron chi connectivity index (χ2n) is 2.90. The van der Waals surface area contributed by atoms with Crippen LogP contribution in [0.25, 0.3) is 0 Å². The zero-order valence-electron chi connectivity index (χ0n) is 8.27. The van der Waals surface area contributed by atoms with E-state index in [0.717, 1.165) is 17.7 Å². The van der Waals surface area contributed by atoms with Crippen LogP contribution in [0.5, 0.6) is 5.75 Å². The predicted octanol–water partition coefficient (Wildman–Crippen LogP) is 2.69. The Labute approximate surface area is 91.2 Å². The highest BCUT2D eigenvalue weighted by molar-refractivity contribution is 5.85. The van der Waals surface area contributed by atoms with E-state index in [1.807, 2.05) is 30.3 Å². The molecule has 3 heteroatoms. The minimum Gasteiger partial charge on any atom is -0.497 e. The van der Waals surface area contributed by atoms with Gasteiger partial charge in [-0.05, 0) is 24.1 Å². The number of methoxy groups -OCH3 is 1. The normalized spacial score (nSPS) is 11.3. The van der Waals surface area contributed by atoms with E-state index in [2.05, 4.69) is 6.58 Å². The Hall–Kier alpha value is -0.990. The quantitative estimate of drug-likeness (QED) is 0.781. The molecule has 0 aromatic heterocycles. The Morgan fingerprint density at radius 3 is 2.43 bits per heavy atom. The van der Waals surface area contributed by atoms with Crippen molar-refractivity contribution in [3.8, 4) is 5.75 Å². The van der Waals surface area contributed by atoms with Gasteiger partial charge in [-0.15, -0.1) is 19.0 Å². The van der Waals surface area contributed by atoms with Gasteiger partial charge in [0, 0.05) is 6.04 Å². The minimum atomic E-state index is 0. The van der Waals surface area contributed by atoms with E-state index in [-0.39, 0.29) is 18.4 Å². The lowest BCUT2D eigenvalue weighted by Crippen LogP contribution is -2.08. The highest BCUT2D eigenvalue weighted by atomic mass is 35.5. The summed E-state index contributed by atoms with van der Waals surface area (Å²) in [6, 6.07) is 7.83. The first kappa shape index (κ1) is 13.0. The third kappa shape index (κ3) is 3.40. The number of nitrogens with two attached hydrogens (primary N) is 1. The largest absolute Gasteiger partial charge is 0.497 e. The van der Waals surface area contributed by atoms with Crippen molar-refractivity contribution >= 4 is 12.4 Å². The smallest absolute Gasteiger partial charge is 0.118 e. The fourth-order valence-electron chi connectivity index (χ4n) is 1.17. The summed E-state index contributed by atoms with van der Waals surface area (Å²) in [6.07, 6.45) is 2.63. The van der Waals surface area contributed by atoms with Crippen molar-refractivity contribution in [2.45, 2.75) is 12.5 Å². The highest BCUT2D eigenvalue weighted by Crippen LogP contribution is 2.18. The van der Waals surface area contributed by atoms with Crippen molar-refractivity contribution < 1.29 is 4.74 Å². The predicted molar refractivity (Wildman–Crippen MR) is 62.0 cm³/mol. The van der Waals surface area contributed by atoms with Gasteiger partial charge in [-0.2, -0.15) is 0 Å². The van der Waals surface area contributed by atoms with Crippen LogP contribution in [0, 0.1) is 0 Å². The van der Waals surface area contributed by atoms with Crippen molar-refractivity contribution in [3.63, 3.8) is 0 Å². The van der Waals surface area contributed by atoms with Gasteiger partial charge in [-0.3, -0.25) is 0 Å². The van der Waals surface area contributed by atoms with Gasteiger partial charge in [0.05, 0.1) is 7.11 Å². The van der Waals surface area contributed by atoms with Crippen molar-refractivity contribution in [2.24, 2.45) is 5.73 Å². The van der Waals surface area contributed by atoms with E-state index in [4.69, 9.17) is 10.5 Å². The van der Waals surface area contributed by atoms with Gasteiger partial charge in [0.25, 0.3) is 0 Å². The number of rotatable bonds is 4. The molecule has 2 nitrogen and oxygen atoms in total. The fraction of sp³-hybridized carbons (Fsp3) is 0.273. The van der Waals surface area contributed by atoms with Crippen LogP contribution < -0.4 is 10.5 Å². The van der Waals surface area contributed by atoms with Gasteiger partial charge >= 0.3 is 0 Å². The molecule has 14 heavy (non-hydrogen) atoms. The summed E-state index contributed by atoms with van der Waals surface area (Å²) in [5.41, 5.74) is 7.00. The molecule has 0 bridgehead atoms. The summed E-state index contributed by atoms with van der Waals surface area (Å²) >= 11 is 0. The van der Waals surface area contributed by atoms with Crippen LogP contribution in [0.2, 0.25) is 0 Å². The van der Waals surface area contributed by atoms with E-state index < -0.39 is 0 Å². The molecule has 0 heterocycles. The van der Waals surface area contributed by atoms with Crippen LogP contribution in [0.1, 0.15) is 18.0 Å². The van der Waals surface area contributed by atoms with Gasteiger partial charge in [0.1, 0.15) is 5.75 Å². The van der Waals surface area contributed by atoms with Gasteiger partial charge in [-0.25, -0.2) is 0 Å². The molecule has 0 radical (unpaired) electrons. The van der Waals surface area contributed by atoms with Gasteiger partial charge in [0.15, 0.2) is 0 Å². The molecule has 1 rings (SSSR count). The van der Waals surface area contributed by atoms with E-state index in [1.165, 1.54) is 0 Å². The number of benzene rings is 1. The summed E-state index contributed by atoms with van der Waals surface area (Å²) in [4.78, 5) is 0. The molecule has 0 fully saturated rings. The molecule has 1 atom stereocenters. The molecule has 0 amide bonds. The fourth-order valence-corrected chi connectivity index (χ4v) is 1.17. The number of hydrogen-bond donors (Lipinski definition) is 1. The molecule has 1 aromatic rings. The average molecular weight is 214 g/mol. The van der Waals surface area contributed by atoms with E-state index >= 15 is 0 Å². The van der Waals surface area contributed by atoms with Crippen molar-refractivity contribution in [1.29, 1.82) is 0 Å². The van der Waals surface area contributed by atoms with E-state index in [1.54, 1.807) is 7.11 Å². The monoisotopic (exact) mass is 213 g/mol. The van der Waals surface area contributed by atoms with Crippen molar-refractivity contribution in [2.75, 3.05) is 7.11 Å². The van der Waals surface area contributed by atoms with Crippen LogP contribution in [-0.2, 0) is 0 Å². The maximum atomic E-state index is 5.88. The Morgan fingerprint density at radius 2 is 2.00 bits per heavy atom. The molecule has 0 aliphatic carbocycles. The first-order valence-corrected chi connectivity index (χ1v) is 4.28. The summed E-state index contributed by atoms with van der Waals surface area (Å²) in [5, 5.41) is 0. The number of halogens is 1. The second kappa shape index (κ2) is 6.46. The van der Waals surface area contributed by atoms with Gasteiger partial charge in [0.2, 0.25) is 0 Å². The highest BCUT2D eigenvalue weighted by Gasteiger charge is 2.02. The van der Waals surface area contributed by atoms with Gasteiger partial charge < -0.3 is 10.5 Å². The second-order valence-corrected chi connectivity index (χ2v) is 2.90. The summed E-state index contributed by atoms with van der Waals surface area (Å²) < 4.78 is 5.05. The molecule has 0 saturated carbocycles. The maximum absolute atomic E-state index is 5.88. The van der Waals surface area contributed by atoms with Crippen molar-refractivity contribution in [1.82, 2.24) is 0 Å². The third-order valence-electron chi connectivity index (χ3n) is 1.96. The molecule has 0 spiro atoms. The first-order chi connectivity index (χ1) is 6.27. The van der Waals surface area contributed by atoms with E-state index in [9.17, 15) is 0 Å². The van der Waals surface area contributed by atoms with Crippen LogP contribution >= 0.6 is 12.4 Å². The van der Waals surface area contributed by atoms with Crippen LogP contribution in [0.15, 0.2) is 36.9 Å². The Bertz CT molecular complexity index is 271. The van der Waals surface area contributed by atoms with Gasteiger partial charge in [-0.1, -0.05) is 18.2 Å². The topological polar surface area (TPSA) is 35.2 Å². The Morgan fingerprint density at radius 1 is 1.43 bits per heavy atom. The standard InChI is InChI=1S/C11H15NO.ClH/c1-3-4-11(12)9-5-7-10(13-2)8-6-9;/h3,5-8,11H,1,4,12H2,2H3;1H. The summed E-state index contributed by atoms with van der Waals surface area (Å²) in [7, 11) is 1.65. The molecule has 1 unspecified atom stereocenters. The number of ether oxygens (including phenoxy) is 1. The number of hydrogen-bond acceptors (Lipinski definition) is 2. The lowest BCUT2D eigenvalue weighted by Gasteiger charge is -2.09. The zero-order chi connectivity index (χ0) is 9.68. The molecular formula is C11H16ClNO. The van der Waals surface area contributed by atoms with Crippen LogP contribution in [0.3, 0.4) is 0 Å². The molecular weight excluding hydrogens is 198 g/mol. The SMILES string of the molecule is C=CCC(N)c1ccc(OC)cc1.Cl. The third-order valence-corrected chi connectivity index (χ3v) is 1.96. The Balaban J connectivity index is 0.00000169. The van der Waals surface area contributed by atoms with Crippen LogP contribution in [0.4, 0.5) is 0 Å². The lowest BCUT2D eigenvalue weighted by atomic mass is 10.1. The van der Waals surface area contributed by atoms with Crippen LogP contribution in [-0.4, -0.2) is 7.11 Å². The molecule has 2 N–H and O–H groups in total. The molecule has 78 valence electrons. The Kier molecular flexibility index (Phi) is 6.00. The summed E-state index contributed by atoms with van der Waals surface area (Å²) in [5.74, 6) is 0.856. The maximum Gasteiger partial charge on any atom is 0.118 e. The first-order valence-electron chi connectivity index (χ1n) is 4.28. The lowest BCUT2D eigenvalue weighted by molar-refractivity contribution is 0.414. The van der Waals surface area contributed by atoms with E-state index in [0.29, 0.717) is 0 Å². The zero-order valence-corrected chi connectivity index (χ0v) is 9.09. The molecule has 1 aromatic carbocycles.